The van der Waals surface area contributed by atoms with Crippen molar-refractivity contribution in [1.82, 2.24) is 0 Å². The summed E-state index contributed by atoms with van der Waals surface area (Å²) in [5.41, 5.74) is 0.351. The number of rotatable bonds is 3. The van der Waals surface area contributed by atoms with Crippen LogP contribution in [-0.2, 0) is 0 Å². The number of hydrogen-bond donors (Lipinski definition) is 4. The molecule has 0 saturated heterocycles. The molecule has 8 aliphatic rings. The molecule has 0 spiro atoms. The van der Waals surface area contributed by atoms with Crippen LogP contribution in [0.5, 0.6) is 0 Å². The van der Waals surface area contributed by atoms with Crippen LogP contribution in [0.1, 0.15) is 122 Å². The molecule has 0 amide bonds. The predicted octanol–water partition coefficient (Wildman–Crippen LogP) is 6.74. The van der Waals surface area contributed by atoms with E-state index in [-0.39, 0.29) is 11.8 Å². The molecule has 15 atom stereocenters. The maximum atomic E-state index is 10.4. The van der Waals surface area contributed by atoms with Crippen molar-refractivity contribution in [1.29, 1.82) is 0 Å². The SMILES string of the molecule is OC(O)C1CCC2C3CCC4CCCC4C3CC(C34CCC(C(O)O)CC3CC[C@H]3[C@@H]5CCC[C@H]5CC[C@@H]34)C2C1. The summed E-state index contributed by atoms with van der Waals surface area (Å²) in [7, 11) is 0. The zero-order chi connectivity index (χ0) is 27.2. The second-order valence-corrected chi connectivity index (χ2v) is 17.0. The molecule has 40 heavy (non-hydrogen) atoms. The van der Waals surface area contributed by atoms with Gasteiger partial charge in [-0.2, -0.15) is 0 Å². The van der Waals surface area contributed by atoms with Gasteiger partial charge in [-0.15, -0.1) is 0 Å². The Bertz CT molecular complexity index is 918. The molecule has 226 valence electrons. The minimum atomic E-state index is -1.16. The molecule has 11 unspecified atom stereocenters. The third-order valence-corrected chi connectivity index (χ3v) is 16.3. The highest BCUT2D eigenvalue weighted by Crippen LogP contribution is 2.72. The summed E-state index contributed by atoms with van der Waals surface area (Å²) in [5, 5.41) is 41.6. The maximum absolute atomic E-state index is 10.4. The molecular formula is C36H58O4. The second-order valence-electron chi connectivity index (χ2n) is 17.0. The molecular weight excluding hydrogens is 496 g/mol. The molecule has 0 heterocycles. The van der Waals surface area contributed by atoms with Crippen LogP contribution in [0.25, 0.3) is 0 Å². The molecule has 8 saturated carbocycles. The average Bonchev–Trinajstić information content (AvgIpc) is 3.65. The van der Waals surface area contributed by atoms with Gasteiger partial charge in [0.2, 0.25) is 0 Å². The van der Waals surface area contributed by atoms with Crippen molar-refractivity contribution in [3.8, 4) is 0 Å². The first-order valence-electron chi connectivity index (χ1n) is 18.2. The zero-order valence-corrected chi connectivity index (χ0v) is 25.0. The summed E-state index contributed by atoms with van der Waals surface area (Å²) < 4.78 is 0. The van der Waals surface area contributed by atoms with Crippen molar-refractivity contribution >= 4 is 0 Å². The first-order chi connectivity index (χ1) is 19.5. The van der Waals surface area contributed by atoms with Gasteiger partial charge in [-0.05, 0) is 173 Å². The third-order valence-electron chi connectivity index (χ3n) is 16.3. The summed E-state index contributed by atoms with van der Waals surface area (Å²) in [6.45, 7) is 0. The van der Waals surface area contributed by atoms with Crippen molar-refractivity contribution in [2.75, 3.05) is 0 Å². The van der Waals surface area contributed by atoms with Crippen molar-refractivity contribution < 1.29 is 20.4 Å². The molecule has 4 heteroatoms. The van der Waals surface area contributed by atoms with Gasteiger partial charge >= 0.3 is 0 Å². The Labute approximate surface area is 243 Å². The van der Waals surface area contributed by atoms with E-state index < -0.39 is 12.6 Å². The van der Waals surface area contributed by atoms with Crippen LogP contribution < -0.4 is 0 Å². The fourth-order valence-corrected chi connectivity index (χ4v) is 15.0. The van der Waals surface area contributed by atoms with E-state index in [1.54, 1.807) is 0 Å². The van der Waals surface area contributed by atoms with Crippen LogP contribution in [0.4, 0.5) is 0 Å². The second kappa shape index (κ2) is 10.5. The first kappa shape index (κ1) is 27.4. The van der Waals surface area contributed by atoms with Crippen LogP contribution in [-0.4, -0.2) is 33.0 Å². The Morgan fingerprint density at radius 1 is 0.425 bits per heavy atom. The molecule has 0 radical (unpaired) electrons. The van der Waals surface area contributed by atoms with Gasteiger partial charge in [-0.3, -0.25) is 0 Å². The lowest BCUT2D eigenvalue weighted by atomic mass is 9.37. The summed E-state index contributed by atoms with van der Waals surface area (Å²) in [6, 6.07) is 0. The maximum Gasteiger partial charge on any atom is 0.154 e. The van der Waals surface area contributed by atoms with Gasteiger partial charge in [0.15, 0.2) is 12.6 Å². The summed E-state index contributed by atoms with van der Waals surface area (Å²) in [4.78, 5) is 0. The molecule has 0 bridgehead atoms. The molecule has 4 N–H and O–H groups in total. The summed E-state index contributed by atoms with van der Waals surface area (Å²) in [5.74, 6) is 10.3. The number of fused-ring (bicyclic) bond motifs is 10. The minimum absolute atomic E-state index is 0.0527. The van der Waals surface area contributed by atoms with E-state index >= 15 is 0 Å². The summed E-state index contributed by atoms with van der Waals surface area (Å²) in [6.07, 6.45) is 22.9. The predicted molar refractivity (Wildman–Crippen MR) is 155 cm³/mol. The Kier molecular flexibility index (Phi) is 7.18. The van der Waals surface area contributed by atoms with Crippen LogP contribution >= 0.6 is 0 Å². The molecule has 0 aromatic heterocycles. The normalized spacial score (nSPS) is 55.6. The van der Waals surface area contributed by atoms with Gasteiger partial charge in [0.25, 0.3) is 0 Å². The monoisotopic (exact) mass is 554 g/mol. The summed E-state index contributed by atoms with van der Waals surface area (Å²) >= 11 is 0. The van der Waals surface area contributed by atoms with Crippen molar-refractivity contribution in [3.63, 3.8) is 0 Å². The third kappa shape index (κ3) is 4.11. The zero-order valence-electron chi connectivity index (χ0n) is 25.0. The topological polar surface area (TPSA) is 80.9 Å². The lowest BCUT2D eigenvalue weighted by molar-refractivity contribution is -0.213. The average molecular weight is 555 g/mol. The van der Waals surface area contributed by atoms with Gasteiger partial charge in [0.1, 0.15) is 0 Å². The van der Waals surface area contributed by atoms with E-state index in [4.69, 9.17) is 0 Å². The van der Waals surface area contributed by atoms with Crippen molar-refractivity contribution in [2.45, 2.75) is 135 Å². The Morgan fingerprint density at radius 3 is 1.80 bits per heavy atom. The molecule has 4 nitrogen and oxygen atoms in total. The smallest absolute Gasteiger partial charge is 0.154 e. The highest BCUT2D eigenvalue weighted by Gasteiger charge is 2.65. The largest absolute Gasteiger partial charge is 0.368 e. The van der Waals surface area contributed by atoms with Crippen LogP contribution in [0.15, 0.2) is 0 Å². The molecule has 0 aromatic carbocycles. The lowest BCUT2D eigenvalue weighted by Crippen LogP contribution is -2.61. The van der Waals surface area contributed by atoms with E-state index in [1.165, 1.54) is 96.3 Å². The molecule has 0 aliphatic heterocycles. The van der Waals surface area contributed by atoms with Gasteiger partial charge in [-0.25, -0.2) is 0 Å². The fourth-order valence-electron chi connectivity index (χ4n) is 15.0. The van der Waals surface area contributed by atoms with E-state index in [0.717, 1.165) is 78.9 Å². The van der Waals surface area contributed by atoms with Gasteiger partial charge in [-0.1, -0.05) is 25.7 Å². The fraction of sp³-hybridized carbons (Fsp3) is 1.00. The Hall–Kier alpha value is -0.160. The van der Waals surface area contributed by atoms with Crippen molar-refractivity contribution in [2.24, 2.45) is 88.3 Å². The molecule has 8 aliphatic carbocycles. The Morgan fingerprint density at radius 2 is 1.05 bits per heavy atom. The van der Waals surface area contributed by atoms with E-state index in [0.29, 0.717) is 23.2 Å². The highest BCUT2D eigenvalue weighted by molar-refractivity contribution is 5.13. The van der Waals surface area contributed by atoms with Gasteiger partial charge in [0, 0.05) is 11.8 Å². The number of aliphatic hydroxyl groups is 4. The van der Waals surface area contributed by atoms with E-state index in [9.17, 15) is 20.4 Å². The van der Waals surface area contributed by atoms with E-state index in [1.807, 2.05) is 0 Å². The lowest BCUT2D eigenvalue weighted by Gasteiger charge is -2.68. The van der Waals surface area contributed by atoms with Gasteiger partial charge < -0.3 is 20.4 Å². The van der Waals surface area contributed by atoms with Crippen LogP contribution in [0.2, 0.25) is 0 Å². The van der Waals surface area contributed by atoms with Crippen LogP contribution in [0.3, 0.4) is 0 Å². The molecule has 8 fully saturated rings. The Balaban J connectivity index is 1.21. The quantitative estimate of drug-likeness (QED) is 0.291. The van der Waals surface area contributed by atoms with Crippen molar-refractivity contribution in [3.05, 3.63) is 0 Å². The highest BCUT2D eigenvalue weighted by atomic mass is 16.5. The molecule has 0 aromatic rings. The first-order valence-corrected chi connectivity index (χ1v) is 18.2. The van der Waals surface area contributed by atoms with E-state index in [2.05, 4.69) is 0 Å². The molecule has 8 rings (SSSR count). The van der Waals surface area contributed by atoms with Crippen LogP contribution in [0, 0.1) is 88.3 Å². The standard InChI is InChI=1S/C36H58O4/c37-34(38)22-8-12-28-27-11-7-20-3-2-6-26(20)30(27)19-33(31(28)18-22)36-16-15-23(35(39)40)17-24(36)10-13-29-25-5-1-4-21(25)9-14-32(29)36/h20-35,37-40H,1-19H2/t20?,21-,22?,23?,24?,25+,26?,27?,28?,29-,30?,31?,32-,33?,36?/m0/s1. The number of aliphatic hydroxyl groups excluding tert-OH is 2. The minimum Gasteiger partial charge on any atom is -0.368 e. The number of hydrogen-bond acceptors (Lipinski definition) is 4. The van der Waals surface area contributed by atoms with Gasteiger partial charge in [0.05, 0.1) is 0 Å².